The summed E-state index contributed by atoms with van der Waals surface area (Å²) in [5.41, 5.74) is 5.72. The van der Waals surface area contributed by atoms with Gasteiger partial charge < -0.3 is 10.7 Å². The fourth-order valence-corrected chi connectivity index (χ4v) is 0.298. The van der Waals surface area contributed by atoms with Crippen molar-refractivity contribution in [3.05, 3.63) is 18.4 Å². The average molecular weight is 83.1 g/mol. The SMILES string of the molecule is [2H]c1[nH]ccc1N. The van der Waals surface area contributed by atoms with Crippen LogP contribution in [0.2, 0.25) is 0 Å². The molecule has 0 saturated heterocycles. The van der Waals surface area contributed by atoms with Crippen molar-refractivity contribution in [3.63, 3.8) is 0 Å². The van der Waals surface area contributed by atoms with Crippen LogP contribution in [0, 0.1) is 0 Å². The molecule has 1 aromatic heterocycles. The Balaban J connectivity index is 3.12. The molecule has 1 heterocycles. The Kier molecular flexibility index (Phi) is 0.399. The zero-order chi connectivity index (χ0) is 5.28. The number of hydrogen-bond acceptors (Lipinski definition) is 1. The largest absolute Gasteiger partial charge is 0.398 e. The number of rotatable bonds is 0. The van der Waals surface area contributed by atoms with Crippen LogP contribution in [0.3, 0.4) is 0 Å². The summed E-state index contributed by atoms with van der Waals surface area (Å²) in [4.78, 5) is 2.61. The number of hydrogen-bond donors (Lipinski definition) is 2. The maximum absolute atomic E-state index is 6.92. The highest BCUT2D eigenvalue weighted by Crippen LogP contribution is 1.92. The molecule has 0 aliphatic carbocycles. The molecule has 0 aliphatic heterocycles. The molecular weight excluding hydrogens is 76.1 g/mol. The van der Waals surface area contributed by atoms with E-state index in [1.807, 2.05) is 0 Å². The molecular formula is C4H6N2. The molecule has 0 aromatic carbocycles. The van der Waals surface area contributed by atoms with E-state index in [1.165, 1.54) is 0 Å². The van der Waals surface area contributed by atoms with Crippen molar-refractivity contribution in [1.29, 1.82) is 0 Å². The number of nitrogen functional groups attached to an aromatic ring is 1. The third-order valence-corrected chi connectivity index (χ3v) is 0.563. The molecule has 0 aliphatic rings. The van der Waals surface area contributed by atoms with E-state index in [4.69, 9.17) is 7.10 Å². The minimum absolute atomic E-state index is 0.292. The van der Waals surface area contributed by atoms with Gasteiger partial charge in [-0.25, -0.2) is 0 Å². The van der Waals surface area contributed by atoms with Gasteiger partial charge in [0.15, 0.2) is 0 Å². The van der Waals surface area contributed by atoms with Crippen molar-refractivity contribution in [3.8, 4) is 0 Å². The van der Waals surface area contributed by atoms with Crippen LogP contribution in [0.1, 0.15) is 1.37 Å². The molecule has 2 nitrogen and oxygen atoms in total. The highest BCUT2D eigenvalue weighted by Gasteiger charge is 1.73. The lowest BCUT2D eigenvalue weighted by molar-refractivity contribution is 1.42. The Morgan fingerprint density at radius 2 is 2.83 bits per heavy atom. The van der Waals surface area contributed by atoms with E-state index < -0.39 is 0 Å². The summed E-state index contributed by atoms with van der Waals surface area (Å²) >= 11 is 0. The van der Waals surface area contributed by atoms with Crippen molar-refractivity contribution in [2.75, 3.05) is 5.73 Å². The van der Waals surface area contributed by atoms with E-state index >= 15 is 0 Å². The lowest BCUT2D eigenvalue weighted by Gasteiger charge is -1.69. The lowest BCUT2D eigenvalue weighted by Crippen LogP contribution is -1.75. The molecule has 2 heteroatoms. The number of aromatic amines is 1. The van der Waals surface area contributed by atoms with Crippen molar-refractivity contribution in [1.82, 2.24) is 4.98 Å². The van der Waals surface area contributed by atoms with Gasteiger partial charge in [-0.2, -0.15) is 0 Å². The molecule has 0 spiro atoms. The van der Waals surface area contributed by atoms with E-state index in [0.717, 1.165) is 0 Å². The Morgan fingerprint density at radius 3 is 3.00 bits per heavy atom. The van der Waals surface area contributed by atoms with Crippen LogP contribution in [0.5, 0.6) is 0 Å². The second kappa shape index (κ2) is 1.05. The zero-order valence-corrected chi connectivity index (χ0v) is 3.23. The normalized spacial score (nSPS) is 11.0. The topological polar surface area (TPSA) is 41.8 Å². The van der Waals surface area contributed by atoms with Gasteiger partial charge in [0.2, 0.25) is 0 Å². The zero-order valence-electron chi connectivity index (χ0n) is 4.23. The monoisotopic (exact) mass is 83.1 g/mol. The minimum Gasteiger partial charge on any atom is -0.398 e. The van der Waals surface area contributed by atoms with Crippen LogP contribution >= 0.6 is 0 Å². The van der Waals surface area contributed by atoms with Crippen LogP contribution in [0.4, 0.5) is 5.69 Å². The summed E-state index contributed by atoms with van der Waals surface area (Å²) in [6, 6.07) is 1.66. The summed E-state index contributed by atoms with van der Waals surface area (Å²) < 4.78 is 6.92. The summed E-state index contributed by atoms with van der Waals surface area (Å²) in [5, 5.41) is 0. The van der Waals surface area contributed by atoms with Gasteiger partial charge in [-0.05, 0) is 6.07 Å². The van der Waals surface area contributed by atoms with Crippen LogP contribution in [0.15, 0.2) is 18.4 Å². The highest BCUT2D eigenvalue weighted by atomic mass is 14.7. The molecule has 1 rings (SSSR count). The second-order valence-corrected chi connectivity index (χ2v) is 1.06. The van der Waals surface area contributed by atoms with Crippen LogP contribution in [-0.2, 0) is 0 Å². The first-order valence-corrected chi connectivity index (χ1v) is 1.70. The molecule has 0 atom stereocenters. The fraction of sp³-hybridized carbons (Fsp3) is 0. The summed E-state index contributed by atoms with van der Waals surface area (Å²) in [5.74, 6) is 0. The third kappa shape index (κ3) is 0.360. The number of nitrogens with one attached hydrogen (secondary N) is 1. The van der Waals surface area contributed by atoms with Crippen molar-refractivity contribution < 1.29 is 1.37 Å². The van der Waals surface area contributed by atoms with Gasteiger partial charge in [-0.3, -0.25) is 0 Å². The Hall–Kier alpha value is -0.920. The molecule has 0 fully saturated rings. The average Bonchev–Trinajstić information content (AvgIpc) is 1.91. The first-order valence-electron chi connectivity index (χ1n) is 2.20. The van der Waals surface area contributed by atoms with Gasteiger partial charge in [0.25, 0.3) is 0 Å². The molecule has 0 unspecified atom stereocenters. The maximum atomic E-state index is 6.92. The molecule has 0 radical (unpaired) electrons. The minimum atomic E-state index is 0.292. The molecule has 1 aromatic rings. The van der Waals surface area contributed by atoms with E-state index in [1.54, 1.807) is 12.3 Å². The molecule has 0 saturated carbocycles. The predicted molar refractivity (Wildman–Crippen MR) is 25.2 cm³/mol. The maximum Gasteiger partial charge on any atom is 0.0838 e. The van der Waals surface area contributed by atoms with E-state index in [2.05, 4.69) is 4.98 Å². The Labute approximate surface area is 37.4 Å². The molecule has 3 N–H and O–H groups in total. The van der Waals surface area contributed by atoms with Crippen LogP contribution in [-0.4, -0.2) is 4.98 Å². The van der Waals surface area contributed by atoms with Gasteiger partial charge in [0.05, 0.1) is 1.37 Å². The molecule has 32 valence electrons. The fourth-order valence-electron chi connectivity index (χ4n) is 0.298. The van der Waals surface area contributed by atoms with Gasteiger partial charge in [-0.15, -0.1) is 0 Å². The quantitative estimate of drug-likeness (QED) is 0.473. The summed E-state index contributed by atoms with van der Waals surface area (Å²) in [6.45, 7) is 0. The lowest BCUT2D eigenvalue weighted by atomic mass is 10.6. The Bertz CT molecular complexity index is 142. The first-order chi connectivity index (χ1) is 3.30. The van der Waals surface area contributed by atoms with Gasteiger partial charge >= 0.3 is 0 Å². The van der Waals surface area contributed by atoms with E-state index in [-0.39, 0.29) is 0 Å². The number of anilines is 1. The molecule has 0 amide bonds. The van der Waals surface area contributed by atoms with Crippen molar-refractivity contribution >= 4 is 5.69 Å². The summed E-state index contributed by atoms with van der Waals surface area (Å²) in [6.07, 6.45) is 1.93. The van der Waals surface area contributed by atoms with Crippen molar-refractivity contribution in [2.45, 2.75) is 0 Å². The summed E-state index contributed by atoms with van der Waals surface area (Å²) in [7, 11) is 0. The first kappa shape index (κ1) is 2.29. The third-order valence-electron chi connectivity index (χ3n) is 0.563. The van der Waals surface area contributed by atoms with Crippen LogP contribution in [0.25, 0.3) is 0 Å². The van der Waals surface area contributed by atoms with Gasteiger partial charge in [0, 0.05) is 18.1 Å². The highest BCUT2D eigenvalue weighted by molar-refractivity contribution is 5.32. The van der Waals surface area contributed by atoms with E-state index in [9.17, 15) is 0 Å². The van der Waals surface area contributed by atoms with E-state index in [0.29, 0.717) is 11.9 Å². The standard InChI is InChI=1S/C4H6N2/c5-4-1-2-6-3-4/h1-3,6H,5H2/i3D. The number of H-pyrrole nitrogens is 1. The van der Waals surface area contributed by atoms with Crippen molar-refractivity contribution in [2.24, 2.45) is 0 Å². The van der Waals surface area contributed by atoms with Gasteiger partial charge in [0.1, 0.15) is 0 Å². The second-order valence-electron chi connectivity index (χ2n) is 1.06. The Morgan fingerprint density at radius 1 is 2.00 bits per heavy atom. The number of aromatic nitrogens is 1. The molecule has 6 heavy (non-hydrogen) atoms. The van der Waals surface area contributed by atoms with Crippen LogP contribution < -0.4 is 5.73 Å². The molecule has 0 bridgehead atoms. The smallest absolute Gasteiger partial charge is 0.0838 e. The van der Waals surface area contributed by atoms with Gasteiger partial charge in [-0.1, -0.05) is 0 Å². The number of nitrogens with two attached hydrogens (primary N) is 1. The predicted octanol–water partition coefficient (Wildman–Crippen LogP) is 0.597.